The Kier molecular flexibility index (Phi) is 3.39. The molecule has 0 bridgehead atoms. The molecule has 0 radical (unpaired) electrons. The second kappa shape index (κ2) is 4.79. The first kappa shape index (κ1) is 11.3. The van der Waals surface area contributed by atoms with Gasteiger partial charge in [0, 0.05) is 18.9 Å². The molecule has 16 heavy (non-hydrogen) atoms. The van der Waals surface area contributed by atoms with Gasteiger partial charge in [0.25, 0.3) is 0 Å². The molecule has 1 aromatic rings. The van der Waals surface area contributed by atoms with Crippen molar-refractivity contribution in [2.24, 2.45) is 5.92 Å². The Morgan fingerprint density at radius 2 is 2.00 bits per heavy atom. The lowest BCUT2D eigenvalue weighted by Crippen LogP contribution is -2.19. The molecule has 1 fully saturated rings. The maximum Gasteiger partial charge on any atom is 0.141 e. The largest absolute Gasteiger partial charge is 0.316 e. The molecule has 1 aromatic carbocycles. The number of hydrogen-bond acceptors (Lipinski definition) is 2. The summed E-state index contributed by atoms with van der Waals surface area (Å²) in [4.78, 5) is 12.0. The van der Waals surface area contributed by atoms with Crippen LogP contribution in [0.15, 0.2) is 18.2 Å². The summed E-state index contributed by atoms with van der Waals surface area (Å²) < 4.78 is 0. The van der Waals surface area contributed by atoms with E-state index in [1.165, 1.54) is 11.1 Å². The van der Waals surface area contributed by atoms with Crippen LogP contribution in [0.4, 0.5) is 0 Å². The van der Waals surface area contributed by atoms with Gasteiger partial charge in [0.1, 0.15) is 5.78 Å². The van der Waals surface area contributed by atoms with Crippen molar-refractivity contribution in [3.8, 4) is 0 Å². The molecule has 0 aliphatic carbocycles. The summed E-state index contributed by atoms with van der Waals surface area (Å²) in [6.07, 6.45) is 1.60. The summed E-state index contributed by atoms with van der Waals surface area (Å²) in [5.41, 5.74) is 3.65. The molecule has 0 saturated carbocycles. The summed E-state index contributed by atoms with van der Waals surface area (Å²) in [5, 5.41) is 3.24. The summed E-state index contributed by atoms with van der Waals surface area (Å²) in [6.45, 7) is 6.02. The molecule has 1 aliphatic heterocycles. The van der Waals surface area contributed by atoms with E-state index in [9.17, 15) is 4.79 Å². The summed E-state index contributed by atoms with van der Waals surface area (Å²) >= 11 is 0. The zero-order valence-corrected chi connectivity index (χ0v) is 10.0. The number of hydrogen-bond donors (Lipinski definition) is 1. The highest BCUT2D eigenvalue weighted by Crippen LogP contribution is 2.15. The Morgan fingerprint density at radius 3 is 2.56 bits per heavy atom. The fourth-order valence-corrected chi connectivity index (χ4v) is 2.45. The minimum absolute atomic E-state index is 0.237. The van der Waals surface area contributed by atoms with E-state index in [1.807, 2.05) is 0 Å². The number of nitrogens with one attached hydrogen (secondary N) is 1. The normalized spacial score (nSPS) is 20.0. The quantitative estimate of drug-likeness (QED) is 0.839. The smallest absolute Gasteiger partial charge is 0.141 e. The van der Waals surface area contributed by atoms with Gasteiger partial charge < -0.3 is 5.32 Å². The Labute approximate surface area is 97.1 Å². The number of aryl methyl sites for hydroxylation is 2. The lowest BCUT2D eigenvalue weighted by Gasteiger charge is -2.08. The van der Waals surface area contributed by atoms with E-state index in [0.717, 1.165) is 25.1 Å². The van der Waals surface area contributed by atoms with E-state index in [0.29, 0.717) is 12.2 Å². The first-order chi connectivity index (χ1) is 7.65. The number of carbonyl (C=O) groups excluding carboxylic acids is 1. The molecule has 1 saturated heterocycles. The number of benzene rings is 1. The van der Waals surface area contributed by atoms with Crippen molar-refractivity contribution in [3.05, 3.63) is 34.9 Å². The summed E-state index contributed by atoms with van der Waals surface area (Å²) in [7, 11) is 0. The zero-order valence-electron chi connectivity index (χ0n) is 10.0. The second-order valence-electron chi connectivity index (χ2n) is 4.83. The molecule has 86 valence electrons. The average molecular weight is 217 g/mol. The predicted octanol–water partition coefficient (Wildman–Crippen LogP) is 2.02. The van der Waals surface area contributed by atoms with E-state index < -0.39 is 0 Å². The monoisotopic (exact) mass is 217 g/mol. The van der Waals surface area contributed by atoms with Crippen LogP contribution < -0.4 is 5.32 Å². The second-order valence-corrected chi connectivity index (χ2v) is 4.83. The van der Waals surface area contributed by atoms with Crippen LogP contribution in [0.2, 0.25) is 0 Å². The summed E-state index contributed by atoms with van der Waals surface area (Å²) in [6, 6.07) is 6.38. The van der Waals surface area contributed by atoms with Crippen LogP contribution in [-0.2, 0) is 11.2 Å². The van der Waals surface area contributed by atoms with Crippen LogP contribution in [-0.4, -0.2) is 18.9 Å². The van der Waals surface area contributed by atoms with E-state index in [2.05, 4.69) is 37.4 Å². The highest BCUT2D eigenvalue weighted by atomic mass is 16.1. The van der Waals surface area contributed by atoms with Crippen molar-refractivity contribution in [3.63, 3.8) is 0 Å². The van der Waals surface area contributed by atoms with E-state index in [4.69, 9.17) is 0 Å². The van der Waals surface area contributed by atoms with Crippen molar-refractivity contribution < 1.29 is 4.79 Å². The van der Waals surface area contributed by atoms with Gasteiger partial charge >= 0.3 is 0 Å². The van der Waals surface area contributed by atoms with Crippen molar-refractivity contribution in [1.82, 2.24) is 5.32 Å². The predicted molar refractivity (Wildman–Crippen MR) is 65.6 cm³/mol. The van der Waals surface area contributed by atoms with Gasteiger partial charge in [0.2, 0.25) is 0 Å². The highest BCUT2D eigenvalue weighted by Gasteiger charge is 2.22. The maximum atomic E-state index is 12.0. The Hall–Kier alpha value is -1.15. The number of rotatable bonds is 3. The first-order valence-corrected chi connectivity index (χ1v) is 5.96. The third kappa shape index (κ3) is 2.70. The van der Waals surface area contributed by atoms with E-state index >= 15 is 0 Å². The molecule has 1 atom stereocenters. The van der Waals surface area contributed by atoms with Gasteiger partial charge in [-0.3, -0.25) is 4.79 Å². The van der Waals surface area contributed by atoms with Gasteiger partial charge in [-0.2, -0.15) is 0 Å². The number of ketones is 1. The minimum Gasteiger partial charge on any atom is -0.316 e. The minimum atomic E-state index is 0.237. The molecule has 2 heteroatoms. The number of Topliss-reactive ketones (excluding diaryl/α,β-unsaturated/α-hetero) is 1. The lowest BCUT2D eigenvalue weighted by molar-refractivity contribution is -0.121. The maximum absolute atomic E-state index is 12.0. The van der Waals surface area contributed by atoms with Crippen molar-refractivity contribution in [1.29, 1.82) is 0 Å². The third-order valence-corrected chi connectivity index (χ3v) is 3.18. The Morgan fingerprint density at radius 1 is 1.31 bits per heavy atom. The van der Waals surface area contributed by atoms with Gasteiger partial charge in [-0.25, -0.2) is 0 Å². The average Bonchev–Trinajstić information content (AvgIpc) is 2.68. The van der Waals surface area contributed by atoms with Crippen LogP contribution in [0.1, 0.15) is 23.1 Å². The molecule has 2 rings (SSSR count). The lowest BCUT2D eigenvalue weighted by atomic mass is 9.95. The molecular formula is C14H19NO. The molecule has 0 aromatic heterocycles. The van der Waals surface area contributed by atoms with Gasteiger partial charge in [0.15, 0.2) is 0 Å². The summed E-state index contributed by atoms with van der Waals surface area (Å²) in [5.74, 6) is 0.621. The van der Waals surface area contributed by atoms with Gasteiger partial charge in [-0.15, -0.1) is 0 Å². The standard InChI is InChI=1S/C14H19NO/c1-10-5-11(2)7-12(6-10)8-14(16)13-3-4-15-9-13/h5-7,13,15H,3-4,8-9H2,1-2H3. The fraction of sp³-hybridized carbons (Fsp3) is 0.500. The molecule has 2 nitrogen and oxygen atoms in total. The van der Waals surface area contributed by atoms with Crippen LogP contribution in [0.3, 0.4) is 0 Å². The Balaban J connectivity index is 2.05. The molecule has 1 N–H and O–H groups in total. The topological polar surface area (TPSA) is 29.1 Å². The molecule has 1 heterocycles. The van der Waals surface area contributed by atoms with Crippen LogP contribution in [0.25, 0.3) is 0 Å². The van der Waals surface area contributed by atoms with E-state index in [1.54, 1.807) is 0 Å². The molecular weight excluding hydrogens is 198 g/mol. The molecule has 1 unspecified atom stereocenters. The van der Waals surface area contributed by atoms with Crippen LogP contribution in [0, 0.1) is 19.8 Å². The van der Waals surface area contributed by atoms with Crippen molar-refractivity contribution >= 4 is 5.78 Å². The van der Waals surface area contributed by atoms with Gasteiger partial charge in [-0.05, 0) is 32.4 Å². The zero-order chi connectivity index (χ0) is 11.5. The number of carbonyl (C=O) groups is 1. The first-order valence-electron chi connectivity index (χ1n) is 5.96. The molecule has 1 aliphatic rings. The Bertz CT molecular complexity index is 371. The SMILES string of the molecule is Cc1cc(C)cc(CC(=O)C2CCNC2)c1. The third-order valence-electron chi connectivity index (χ3n) is 3.18. The highest BCUT2D eigenvalue weighted by molar-refractivity contribution is 5.83. The van der Waals surface area contributed by atoms with Gasteiger partial charge in [0.05, 0.1) is 0 Å². The molecule has 0 amide bonds. The van der Waals surface area contributed by atoms with Crippen molar-refractivity contribution in [2.45, 2.75) is 26.7 Å². The van der Waals surface area contributed by atoms with Crippen LogP contribution in [0.5, 0.6) is 0 Å². The van der Waals surface area contributed by atoms with Gasteiger partial charge in [-0.1, -0.05) is 29.3 Å². The fourth-order valence-electron chi connectivity index (χ4n) is 2.45. The van der Waals surface area contributed by atoms with Crippen LogP contribution >= 0.6 is 0 Å². The van der Waals surface area contributed by atoms with Crippen molar-refractivity contribution in [2.75, 3.05) is 13.1 Å². The van der Waals surface area contributed by atoms with E-state index in [-0.39, 0.29) is 5.92 Å². The molecule has 0 spiro atoms.